The smallest absolute Gasteiger partial charge is 0.251 e. The van der Waals surface area contributed by atoms with Gasteiger partial charge in [-0.05, 0) is 49.8 Å². The van der Waals surface area contributed by atoms with E-state index >= 15 is 0 Å². The molecule has 1 aliphatic carbocycles. The van der Waals surface area contributed by atoms with Crippen LogP contribution >= 0.6 is 0 Å². The van der Waals surface area contributed by atoms with Gasteiger partial charge in [0.15, 0.2) is 0 Å². The lowest BCUT2D eigenvalue weighted by molar-refractivity contribution is -0.141. The molecular weight excluding hydrogens is 420 g/mol. The van der Waals surface area contributed by atoms with Crippen LogP contribution in [0.3, 0.4) is 0 Å². The van der Waals surface area contributed by atoms with Gasteiger partial charge in [0.05, 0.1) is 24.2 Å². The molecule has 1 saturated carbocycles. The van der Waals surface area contributed by atoms with Gasteiger partial charge < -0.3 is 20.9 Å². The molecule has 0 radical (unpaired) electrons. The van der Waals surface area contributed by atoms with Crippen molar-refractivity contribution in [3.8, 4) is 6.07 Å². The van der Waals surface area contributed by atoms with Gasteiger partial charge in [-0.1, -0.05) is 12.1 Å². The quantitative estimate of drug-likeness (QED) is 0.640. The standard InChI is InChI=1S/C24H30N6O3/c1-13(14-3-5-15(6-4-14)22(31)27-2)29-18-9-21(24(29)33)28(11-18)12-19(26)23(32)30-17(10-25)7-16-8-20(16)30/h3-6,13,16-21H,7-9,11-12,26H2,1-2H3,(H,27,31)/t13-,16-,17+,18+,19+,20?,21+/m1/s1. The van der Waals surface area contributed by atoms with E-state index in [2.05, 4.69) is 11.4 Å². The molecular formula is C24H30N6O3. The van der Waals surface area contributed by atoms with Crippen LogP contribution in [0.1, 0.15) is 48.1 Å². The van der Waals surface area contributed by atoms with Crippen LogP contribution < -0.4 is 11.1 Å². The van der Waals surface area contributed by atoms with Crippen LogP contribution in [-0.4, -0.2) is 82.8 Å². The zero-order valence-electron chi connectivity index (χ0n) is 19.0. The fourth-order valence-electron chi connectivity index (χ4n) is 6.03. The Morgan fingerprint density at radius 1 is 1.24 bits per heavy atom. The molecule has 174 valence electrons. The number of benzene rings is 1. The fraction of sp³-hybridized carbons (Fsp3) is 0.583. The predicted octanol–water partition coefficient (Wildman–Crippen LogP) is 0.233. The van der Waals surface area contributed by atoms with Gasteiger partial charge in [0, 0.05) is 37.8 Å². The molecule has 4 aliphatic rings. The third-order valence-corrected chi connectivity index (χ3v) is 7.87. The zero-order valence-corrected chi connectivity index (χ0v) is 19.0. The number of piperazine rings is 1. The number of nitrogens with zero attached hydrogens (tertiary/aromatic N) is 4. The number of nitriles is 1. The summed E-state index contributed by atoms with van der Waals surface area (Å²) in [4.78, 5) is 43.7. The molecule has 2 bridgehead atoms. The Morgan fingerprint density at radius 3 is 2.61 bits per heavy atom. The third-order valence-electron chi connectivity index (χ3n) is 7.87. The predicted molar refractivity (Wildman–Crippen MR) is 120 cm³/mol. The van der Waals surface area contributed by atoms with Crippen molar-refractivity contribution in [2.24, 2.45) is 11.7 Å². The maximum absolute atomic E-state index is 13.2. The molecule has 3 saturated heterocycles. The van der Waals surface area contributed by atoms with Gasteiger partial charge in [-0.2, -0.15) is 5.26 Å². The van der Waals surface area contributed by atoms with Crippen molar-refractivity contribution in [3.05, 3.63) is 35.4 Å². The molecule has 1 aromatic rings. The van der Waals surface area contributed by atoms with Crippen molar-refractivity contribution in [2.45, 2.75) is 62.4 Å². The molecule has 5 rings (SSSR count). The molecule has 7 atom stereocenters. The number of fused-ring (bicyclic) bond motifs is 3. The van der Waals surface area contributed by atoms with E-state index in [4.69, 9.17) is 5.73 Å². The lowest BCUT2D eigenvalue weighted by Gasteiger charge is -2.38. The summed E-state index contributed by atoms with van der Waals surface area (Å²) in [6.45, 7) is 3.03. The number of rotatable bonds is 6. The summed E-state index contributed by atoms with van der Waals surface area (Å²) in [6.07, 6.45) is 2.46. The normalized spacial score (nSPS) is 31.8. The van der Waals surface area contributed by atoms with Crippen LogP contribution in [0.15, 0.2) is 24.3 Å². The molecule has 3 heterocycles. The minimum absolute atomic E-state index is 0.0621. The van der Waals surface area contributed by atoms with E-state index in [1.165, 1.54) is 0 Å². The summed E-state index contributed by atoms with van der Waals surface area (Å²) < 4.78 is 0. The van der Waals surface area contributed by atoms with Gasteiger partial charge in [-0.15, -0.1) is 0 Å². The first-order valence-corrected chi connectivity index (χ1v) is 11.7. The SMILES string of the molecule is CNC(=O)c1ccc([C@@H](C)N2C(=O)[C@@H]3C[C@H]2CN3C[C@H](N)C(=O)N2C3C[C@H]3C[C@H]2C#N)cc1. The van der Waals surface area contributed by atoms with Crippen molar-refractivity contribution in [1.82, 2.24) is 20.0 Å². The van der Waals surface area contributed by atoms with E-state index in [0.717, 1.165) is 24.8 Å². The minimum Gasteiger partial charge on any atom is -0.355 e. The summed E-state index contributed by atoms with van der Waals surface area (Å²) in [5, 5.41) is 12.0. The lowest BCUT2D eigenvalue weighted by atomic mass is 10.0. The summed E-state index contributed by atoms with van der Waals surface area (Å²) >= 11 is 0. The minimum atomic E-state index is -0.726. The molecule has 3 N–H and O–H groups in total. The lowest BCUT2D eigenvalue weighted by Crippen LogP contribution is -2.57. The van der Waals surface area contributed by atoms with Gasteiger partial charge >= 0.3 is 0 Å². The van der Waals surface area contributed by atoms with Crippen LogP contribution in [0.2, 0.25) is 0 Å². The average molecular weight is 451 g/mol. The number of carbonyl (C=O) groups excluding carboxylic acids is 3. The topological polar surface area (TPSA) is 123 Å². The van der Waals surface area contributed by atoms with E-state index in [0.29, 0.717) is 24.6 Å². The Kier molecular flexibility index (Phi) is 5.38. The molecule has 3 amide bonds. The van der Waals surface area contributed by atoms with Gasteiger partial charge in [0.2, 0.25) is 11.8 Å². The Labute approximate surface area is 193 Å². The monoisotopic (exact) mass is 450 g/mol. The first-order chi connectivity index (χ1) is 15.8. The van der Waals surface area contributed by atoms with E-state index in [1.54, 1.807) is 24.1 Å². The first kappa shape index (κ1) is 21.9. The average Bonchev–Trinajstić information content (AvgIpc) is 3.15. The van der Waals surface area contributed by atoms with Gasteiger partial charge in [0.1, 0.15) is 6.04 Å². The van der Waals surface area contributed by atoms with Gasteiger partial charge in [-0.25, -0.2) is 0 Å². The fourth-order valence-corrected chi connectivity index (χ4v) is 6.03. The molecule has 9 heteroatoms. The van der Waals surface area contributed by atoms with Crippen molar-refractivity contribution in [2.75, 3.05) is 20.1 Å². The number of likely N-dealkylation sites (tertiary alicyclic amines) is 3. The van der Waals surface area contributed by atoms with Crippen LogP contribution in [0.25, 0.3) is 0 Å². The number of carbonyl (C=O) groups is 3. The van der Waals surface area contributed by atoms with Crippen molar-refractivity contribution in [1.29, 1.82) is 5.26 Å². The number of amides is 3. The number of nitrogens with two attached hydrogens (primary N) is 1. The Bertz CT molecular complexity index is 1020. The Balaban J connectivity index is 1.21. The van der Waals surface area contributed by atoms with Crippen molar-refractivity contribution in [3.63, 3.8) is 0 Å². The van der Waals surface area contributed by atoms with Gasteiger partial charge in [0.25, 0.3) is 5.91 Å². The molecule has 33 heavy (non-hydrogen) atoms. The van der Waals surface area contributed by atoms with Crippen molar-refractivity contribution < 1.29 is 14.4 Å². The Morgan fingerprint density at radius 2 is 1.97 bits per heavy atom. The number of hydrogen-bond acceptors (Lipinski definition) is 6. The summed E-state index contributed by atoms with van der Waals surface area (Å²) in [7, 11) is 1.60. The van der Waals surface area contributed by atoms with Crippen LogP contribution in [-0.2, 0) is 9.59 Å². The molecule has 0 spiro atoms. The number of hydrogen-bond donors (Lipinski definition) is 2. The number of nitrogens with one attached hydrogen (secondary N) is 1. The van der Waals surface area contributed by atoms with Crippen LogP contribution in [0, 0.1) is 17.2 Å². The van der Waals surface area contributed by atoms with E-state index in [1.807, 2.05) is 28.9 Å². The van der Waals surface area contributed by atoms with E-state index in [-0.39, 0.29) is 47.9 Å². The highest BCUT2D eigenvalue weighted by atomic mass is 16.2. The van der Waals surface area contributed by atoms with Crippen LogP contribution in [0.5, 0.6) is 0 Å². The Hall–Kier alpha value is -2.96. The summed E-state index contributed by atoms with van der Waals surface area (Å²) in [6, 6.07) is 8.38. The van der Waals surface area contributed by atoms with Crippen molar-refractivity contribution >= 4 is 17.7 Å². The molecule has 9 nitrogen and oxygen atoms in total. The summed E-state index contributed by atoms with van der Waals surface area (Å²) in [5.74, 6) is 0.213. The van der Waals surface area contributed by atoms with E-state index < -0.39 is 6.04 Å². The largest absolute Gasteiger partial charge is 0.355 e. The molecule has 1 unspecified atom stereocenters. The molecule has 0 aromatic heterocycles. The molecule has 1 aromatic carbocycles. The zero-order chi connectivity index (χ0) is 23.4. The maximum Gasteiger partial charge on any atom is 0.251 e. The molecule has 3 aliphatic heterocycles. The second-order valence-electron chi connectivity index (χ2n) is 9.78. The highest BCUT2D eigenvalue weighted by Crippen LogP contribution is 2.48. The van der Waals surface area contributed by atoms with Crippen LogP contribution in [0.4, 0.5) is 0 Å². The molecule has 4 fully saturated rings. The maximum atomic E-state index is 13.2. The second kappa shape index (κ2) is 8.12. The summed E-state index contributed by atoms with van der Waals surface area (Å²) in [5.41, 5.74) is 7.86. The highest BCUT2D eigenvalue weighted by Gasteiger charge is 2.56. The first-order valence-electron chi connectivity index (χ1n) is 11.7. The second-order valence-corrected chi connectivity index (χ2v) is 9.78. The highest BCUT2D eigenvalue weighted by molar-refractivity contribution is 5.94. The van der Waals surface area contributed by atoms with E-state index in [9.17, 15) is 19.6 Å². The number of piperidine rings is 1. The van der Waals surface area contributed by atoms with Gasteiger partial charge in [-0.3, -0.25) is 19.3 Å². The third kappa shape index (κ3) is 3.58.